The van der Waals surface area contributed by atoms with Gasteiger partial charge in [0.25, 0.3) is 0 Å². The first-order valence-electron chi connectivity index (χ1n) is 8.06. The van der Waals surface area contributed by atoms with Gasteiger partial charge in [-0.25, -0.2) is 0 Å². The van der Waals surface area contributed by atoms with E-state index in [1.807, 2.05) is 6.92 Å². The van der Waals surface area contributed by atoms with Crippen molar-refractivity contribution in [1.29, 1.82) is 0 Å². The number of rotatable bonds is 5. The molecule has 0 amide bonds. The first-order chi connectivity index (χ1) is 10.2. The molecule has 0 bridgehead atoms. The van der Waals surface area contributed by atoms with E-state index in [2.05, 4.69) is 22.0 Å². The molecule has 1 saturated carbocycles. The summed E-state index contributed by atoms with van der Waals surface area (Å²) in [5.74, 6) is 0. The first kappa shape index (κ1) is 15.2. The number of aliphatic hydroxyl groups is 1. The number of hydrogen-bond acceptors (Lipinski definition) is 6. The van der Waals surface area contributed by atoms with Crippen molar-refractivity contribution in [1.82, 2.24) is 10.2 Å². The van der Waals surface area contributed by atoms with E-state index in [4.69, 9.17) is 4.74 Å². The van der Waals surface area contributed by atoms with Crippen LogP contribution < -0.4 is 4.90 Å². The van der Waals surface area contributed by atoms with Crippen LogP contribution in [0.5, 0.6) is 0 Å². The van der Waals surface area contributed by atoms with Gasteiger partial charge in [0, 0.05) is 38.0 Å². The van der Waals surface area contributed by atoms with Gasteiger partial charge in [-0.2, -0.15) is 0 Å². The Labute approximate surface area is 130 Å². The van der Waals surface area contributed by atoms with Crippen LogP contribution in [0.4, 0.5) is 5.13 Å². The molecule has 1 aliphatic carbocycles. The molecule has 118 valence electrons. The highest BCUT2D eigenvalue weighted by Gasteiger charge is 2.56. The molecule has 1 saturated heterocycles. The summed E-state index contributed by atoms with van der Waals surface area (Å²) in [7, 11) is 0. The van der Waals surface area contributed by atoms with Crippen molar-refractivity contribution in [3.63, 3.8) is 0 Å². The average molecular weight is 311 g/mol. The van der Waals surface area contributed by atoms with E-state index in [1.54, 1.807) is 11.3 Å². The van der Waals surface area contributed by atoms with Crippen LogP contribution in [0, 0.1) is 5.41 Å². The van der Waals surface area contributed by atoms with E-state index < -0.39 is 0 Å². The van der Waals surface area contributed by atoms with E-state index in [0.29, 0.717) is 0 Å². The highest BCUT2D eigenvalue weighted by Crippen LogP contribution is 2.51. The van der Waals surface area contributed by atoms with E-state index in [-0.39, 0.29) is 17.6 Å². The summed E-state index contributed by atoms with van der Waals surface area (Å²) in [5, 5.41) is 21.0. The van der Waals surface area contributed by atoms with Crippen LogP contribution >= 0.6 is 11.3 Å². The Kier molecular flexibility index (Phi) is 4.47. The molecule has 2 aliphatic rings. The smallest absolute Gasteiger partial charge is 0.208 e. The van der Waals surface area contributed by atoms with Crippen molar-refractivity contribution >= 4 is 16.5 Å². The Morgan fingerprint density at radius 2 is 2.10 bits per heavy atom. The van der Waals surface area contributed by atoms with Crippen molar-refractivity contribution in [3.05, 3.63) is 5.01 Å². The number of piperidine rings is 1. The molecule has 21 heavy (non-hydrogen) atoms. The number of hydrogen-bond donors (Lipinski definition) is 1. The maximum Gasteiger partial charge on any atom is 0.208 e. The quantitative estimate of drug-likeness (QED) is 0.904. The molecule has 1 aromatic rings. The molecular weight excluding hydrogens is 286 g/mol. The SMILES string of the molecule is CCCc1nnc(N2CCC3(CC2)[C@@H](O)C[C@H]3OCC)s1. The summed E-state index contributed by atoms with van der Waals surface area (Å²) in [4.78, 5) is 2.32. The van der Waals surface area contributed by atoms with Crippen molar-refractivity contribution in [2.45, 2.75) is 58.2 Å². The van der Waals surface area contributed by atoms with Gasteiger partial charge < -0.3 is 14.7 Å². The number of nitrogens with zero attached hydrogens (tertiary/aromatic N) is 3. The van der Waals surface area contributed by atoms with Crippen LogP contribution in [0.3, 0.4) is 0 Å². The lowest BCUT2D eigenvalue weighted by molar-refractivity contribution is -0.199. The molecule has 1 aromatic heterocycles. The van der Waals surface area contributed by atoms with Gasteiger partial charge in [0.05, 0.1) is 12.2 Å². The minimum Gasteiger partial charge on any atom is -0.392 e. The molecule has 2 heterocycles. The highest BCUT2D eigenvalue weighted by atomic mass is 32.1. The Hall–Kier alpha value is -0.720. The van der Waals surface area contributed by atoms with E-state index in [1.165, 1.54) is 0 Å². The molecule has 2 atom stereocenters. The lowest BCUT2D eigenvalue weighted by Crippen LogP contribution is -2.62. The monoisotopic (exact) mass is 311 g/mol. The van der Waals surface area contributed by atoms with Gasteiger partial charge in [-0.3, -0.25) is 0 Å². The molecule has 1 N–H and O–H groups in total. The fourth-order valence-corrected chi connectivity index (χ4v) is 4.61. The largest absolute Gasteiger partial charge is 0.392 e. The summed E-state index contributed by atoms with van der Waals surface area (Å²) >= 11 is 1.71. The highest BCUT2D eigenvalue weighted by molar-refractivity contribution is 7.15. The number of aliphatic hydroxyl groups excluding tert-OH is 1. The van der Waals surface area contributed by atoms with Gasteiger partial charge in [-0.15, -0.1) is 10.2 Å². The van der Waals surface area contributed by atoms with Crippen molar-refractivity contribution < 1.29 is 9.84 Å². The van der Waals surface area contributed by atoms with Crippen LogP contribution in [0.1, 0.15) is 44.5 Å². The maximum atomic E-state index is 10.2. The van der Waals surface area contributed by atoms with E-state index >= 15 is 0 Å². The van der Waals surface area contributed by atoms with Gasteiger partial charge in [-0.05, 0) is 26.2 Å². The minimum atomic E-state index is -0.193. The van der Waals surface area contributed by atoms with Crippen LogP contribution in [0.15, 0.2) is 0 Å². The van der Waals surface area contributed by atoms with Crippen molar-refractivity contribution in [2.24, 2.45) is 5.41 Å². The topological polar surface area (TPSA) is 58.5 Å². The Morgan fingerprint density at radius 3 is 2.71 bits per heavy atom. The molecule has 2 fully saturated rings. The Bertz CT molecular complexity index is 469. The molecule has 0 radical (unpaired) electrons. The average Bonchev–Trinajstić information content (AvgIpc) is 2.96. The van der Waals surface area contributed by atoms with Crippen LogP contribution in [-0.4, -0.2) is 47.2 Å². The van der Waals surface area contributed by atoms with Crippen molar-refractivity contribution in [2.75, 3.05) is 24.6 Å². The van der Waals surface area contributed by atoms with Crippen molar-refractivity contribution in [3.8, 4) is 0 Å². The lowest BCUT2D eigenvalue weighted by atomic mass is 9.58. The van der Waals surface area contributed by atoms with Crippen LogP contribution in [-0.2, 0) is 11.2 Å². The second-order valence-corrected chi connectivity index (χ2v) is 7.18. The molecule has 3 rings (SSSR count). The molecule has 6 heteroatoms. The van der Waals surface area contributed by atoms with Crippen LogP contribution in [0.2, 0.25) is 0 Å². The summed E-state index contributed by atoms with van der Waals surface area (Å²) in [6.07, 6.45) is 4.95. The molecule has 1 spiro atoms. The first-order valence-corrected chi connectivity index (χ1v) is 8.88. The van der Waals surface area contributed by atoms with Gasteiger partial charge in [0.1, 0.15) is 5.01 Å². The number of aromatic nitrogens is 2. The standard InChI is InChI=1S/C15H25N3O2S/c1-3-5-13-16-17-14(21-13)18-8-6-15(7-9-18)11(19)10-12(15)20-4-2/h11-12,19H,3-10H2,1-2H3/t11-,12+/m0/s1. The molecule has 0 unspecified atom stereocenters. The van der Waals surface area contributed by atoms with Gasteiger partial charge in [0.2, 0.25) is 5.13 Å². The summed E-state index contributed by atoms with van der Waals surface area (Å²) in [6.45, 7) is 6.82. The number of anilines is 1. The predicted molar refractivity (Wildman–Crippen MR) is 83.8 cm³/mol. The molecule has 5 nitrogen and oxygen atoms in total. The minimum absolute atomic E-state index is 0.0105. The zero-order chi connectivity index (χ0) is 14.9. The second-order valence-electron chi connectivity index (χ2n) is 6.14. The maximum absolute atomic E-state index is 10.2. The zero-order valence-corrected chi connectivity index (χ0v) is 13.7. The number of aryl methyl sites for hydroxylation is 1. The Balaban J connectivity index is 1.61. The van der Waals surface area contributed by atoms with E-state index in [0.717, 1.165) is 61.9 Å². The fraction of sp³-hybridized carbons (Fsp3) is 0.867. The normalized spacial score (nSPS) is 27.9. The summed E-state index contributed by atoms with van der Waals surface area (Å²) in [6, 6.07) is 0. The second kappa shape index (κ2) is 6.18. The van der Waals surface area contributed by atoms with Gasteiger partial charge >= 0.3 is 0 Å². The number of ether oxygens (including phenoxy) is 1. The third-order valence-corrected chi connectivity index (χ3v) is 6.04. The molecular formula is C15H25N3O2S. The lowest BCUT2D eigenvalue weighted by Gasteiger charge is -2.56. The third-order valence-electron chi connectivity index (χ3n) is 4.99. The zero-order valence-electron chi connectivity index (χ0n) is 12.9. The summed E-state index contributed by atoms with van der Waals surface area (Å²) < 4.78 is 5.81. The molecule has 0 aromatic carbocycles. The van der Waals surface area contributed by atoms with E-state index in [9.17, 15) is 5.11 Å². The summed E-state index contributed by atoms with van der Waals surface area (Å²) in [5.41, 5.74) is -0.0105. The van der Waals surface area contributed by atoms with Gasteiger partial charge in [-0.1, -0.05) is 18.3 Å². The Morgan fingerprint density at radius 1 is 1.33 bits per heavy atom. The van der Waals surface area contributed by atoms with Crippen LogP contribution in [0.25, 0.3) is 0 Å². The third kappa shape index (κ3) is 2.69. The van der Waals surface area contributed by atoms with Gasteiger partial charge in [0.15, 0.2) is 0 Å². The molecule has 1 aliphatic heterocycles. The predicted octanol–water partition coefficient (Wildman–Crippen LogP) is 2.25. The fourth-order valence-electron chi connectivity index (χ4n) is 3.62.